The fraction of sp³-hybridized carbons (Fsp3) is 0.588. The molecule has 2 aromatic heterocycles. The number of hydrogen-bond donors (Lipinski definition) is 2. The van der Waals surface area contributed by atoms with Crippen LogP contribution in [0.2, 0.25) is 0 Å². The smallest absolute Gasteiger partial charge is 0.227 e. The minimum Gasteiger partial charge on any atom is -0.367 e. The monoisotopic (exact) mass is 344 g/mol. The Labute approximate surface area is 146 Å². The highest BCUT2D eigenvalue weighted by molar-refractivity contribution is 5.76. The zero-order valence-electron chi connectivity index (χ0n) is 14.5. The molecular formula is C17H24N6O2. The van der Waals surface area contributed by atoms with E-state index in [2.05, 4.69) is 31.0 Å². The van der Waals surface area contributed by atoms with Crippen molar-refractivity contribution in [1.29, 1.82) is 0 Å². The van der Waals surface area contributed by atoms with Gasteiger partial charge in [0.1, 0.15) is 5.82 Å². The van der Waals surface area contributed by atoms with Gasteiger partial charge in [-0.3, -0.25) is 4.79 Å². The molecule has 8 nitrogen and oxygen atoms in total. The molecule has 0 atom stereocenters. The molecule has 2 N–H and O–H groups in total. The highest BCUT2D eigenvalue weighted by Gasteiger charge is 2.22. The van der Waals surface area contributed by atoms with Crippen molar-refractivity contribution in [3.8, 4) is 0 Å². The highest BCUT2D eigenvalue weighted by Crippen LogP contribution is 2.32. The van der Waals surface area contributed by atoms with E-state index in [1.807, 2.05) is 19.1 Å². The quantitative estimate of drug-likeness (QED) is 0.705. The molecule has 1 amide bonds. The molecule has 8 heteroatoms. The van der Waals surface area contributed by atoms with Gasteiger partial charge >= 0.3 is 0 Å². The Hall–Kier alpha value is -2.51. The predicted octanol–water partition coefficient (Wildman–Crippen LogP) is 1.99. The Balaban J connectivity index is 1.32. The van der Waals surface area contributed by atoms with Gasteiger partial charge in [0.2, 0.25) is 11.8 Å². The number of hydrogen-bond acceptors (Lipinski definition) is 7. The maximum Gasteiger partial charge on any atom is 0.227 e. The SMILES string of the molecule is Cc1ccc(NCCNC(=O)CCc2nc(C3CCCC3)no2)nn1. The Kier molecular flexibility index (Phi) is 5.92. The summed E-state index contributed by atoms with van der Waals surface area (Å²) in [7, 11) is 0. The van der Waals surface area contributed by atoms with Crippen molar-refractivity contribution in [1.82, 2.24) is 25.7 Å². The van der Waals surface area contributed by atoms with Crippen molar-refractivity contribution in [2.24, 2.45) is 0 Å². The van der Waals surface area contributed by atoms with Crippen LogP contribution in [0.15, 0.2) is 16.7 Å². The summed E-state index contributed by atoms with van der Waals surface area (Å²) in [6.45, 7) is 3.00. The second-order valence-electron chi connectivity index (χ2n) is 6.36. The van der Waals surface area contributed by atoms with Crippen LogP contribution < -0.4 is 10.6 Å². The highest BCUT2D eigenvalue weighted by atomic mass is 16.5. The second-order valence-corrected chi connectivity index (χ2v) is 6.36. The molecule has 0 spiro atoms. The van der Waals surface area contributed by atoms with Gasteiger partial charge in [0, 0.05) is 31.8 Å². The van der Waals surface area contributed by atoms with Crippen LogP contribution in [0.25, 0.3) is 0 Å². The van der Waals surface area contributed by atoms with Gasteiger partial charge in [-0.15, -0.1) is 5.10 Å². The Bertz CT molecular complexity index is 679. The molecule has 3 rings (SSSR count). The molecule has 0 aliphatic heterocycles. The first-order valence-electron chi connectivity index (χ1n) is 8.84. The number of aromatic nitrogens is 4. The van der Waals surface area contributed by atoms with Gasteiger partial charge in [0.25, 0.3) is 0 Å². The molecule has 1 fully saturated rings. The van der Waals surface area contributed by atoms with Crippen LogP contribution >= 0.6 is 0 Å². The summed E-state index contributed by atoms with van der Waals surface area (Å²) < 4.78 is 5.25. The van der Waals surface area contributed by atoms with Gasteiger partial charge in [-0.05, 0) is 31.9 Å². The molecular weight excluding hydrogens is 320 g/mol. The molecule has 0 saturated heterocycles. The van der Waals surface area contributed by atoms with E-state index in [9.17, 15) is 4.79 Å². The Morgan fingerprint density at radius 1 is 1.24 bits per heavy atom. The van der Waals surface area contributed by atoms with Crippen molar-refractivity contribution in [2.75, 3.05) is 18.4 Å². The van der Waals surface area contributed by atoms with Crippen LogP contribution in [-0.4, -0.2) is 39.3 Å². The van der Waals surface area contributed by atoms with E-state index in [0.717, 1.165) is 24.4 Å². The lowest BCUT2D eigenvalue weighted by Gasteiger charge is -2.06. The minimum absolute atomic E-state index is 0.0302. The zero-order valence-corrected chi connectivity index (χ0v) is 14.5. The first-order valence-corrected chi connectivity index (χ1v) is 8.84. The number of carbonyl (C=O) groups is 1. The average Bonchev–Trinajstić information content (AvgIpc) is 3.29. The molecule has 1 aliphatic carbocycles. The lowest BCUT2D eigenvalue weighted by Crippen LogP contribution is -2.29. The van der Waals surface area contributed by atoms with Crippen LogP contribution in [0, 0.1) is 6.92 Å². The summed E-state index contributed by atoms with van der Waals surface area (Å²) in [6.07, 6.45) is 5.56. The maximum atomic E-state index is 11.9. The van der Waals surface area contributed by atoms with Crippen molar-refractivity contribution in [2.45, 2.75) is 51.4 Å². The fourth-order valence-electron chi connectivity index (χ4n) is 2.91. The maximum absolute atomic E-state index is 11.9. The largest absolute Gasteiger partial charge is 0.367 e. The lowest BCUT2D eigenvalue weighted by molar-refractivity contribution is -0.121. The molecule has 1 saturated carbocycles. The summed E-state index contributed by atoms with van der Waals surface area (Å²) in [4.78, 5) is 16.3. The normalized spacial score (nSPS) is 14.6. The summed E-state index contributed by atoms with van der Waals surface area (Å²) >= 11 is 0. The van der Waals surface area contributed by atoms with E-state index in [4.69, 9.17) is 4.52 Å². The number of nitrogens with one attached hydrogen (secondary N) is 2. The molecule has 134 valence electrons. The van der Waals surface area contributed by atoms with Crippen LogP contribution in [0.3, 0.4) is 0 Å². The number of carbonyl (C=O) groups excluding carboxylic acids is 1. The standard InChI is InChI=1S/C17H24N6O2/c1-12-6-7-14(22-21-12)18-10-11-19-15(24)8-9-16-20-17(23-25-16)13-4-2-3-5-13/h6-7,13H,2-5,8-11H2,1H3,(H,18,22)(H,19,24). The first kappa shape index (κ1) is 17.3. The molecule has 0 bridgehead atoms. The minimum atomic E-state index is -0.0302. The first-order chi connectivity index (χ1) is 12.2. The topological polar surface area (TPSA) is 106 Å². The lowest BCUT2D eigenvalue weighted by atomic mass is 10.1. The summed E-state index contributed by atoms with van der Waals surface area (Å²) in [6, 6.07) is 3.75. The van der Waals surface area contributed by atoms with E-state index >= 15 is 0 Å². The molecule has 0 unspecified atom stereocenters. The Morgan fingerprint density at radius 2 is 2.08 bits per heavy atom. The van der Waals surface area contributed by atoms with E-state index in [0.29, 0.717) is 43.6 Å². The van der Waals surface area contributed by atoms with Crippen LogP contribution in [0.5, 0.6) is 0 Å². The summed E-state index contributed by atoms with van der Waals surface area (Å²) in [5.74, 6) is 2.45. The zero-order chi connectivity index (χ0) is 17.5. The van der Waals surface area contributed by atoms with E-state index < -0.39 is 0 Å². The van der Waals surface area contributed by atoms with Gasteiger partial charge in [0.05, 0.1) is 5.69 Å². The van der Waals surface area contributed by atoms with Gasteiger partial charge in [-0.1, -0.05) is 18.0 Å². The van der Waals surface area contributed by atoms with Crippen molar-refractivity contribution < 1.29 is 9.32 Å². The number of aryl methyl sites for hydroxylation is 2. The third-order valence-electron chi connectivity index (χ3n) is 4.32. The molecule has 0 radical (unpaired) electrons. The van der Waals surface area contributed by atoms with Gasteiger partial charge < -0.3 is 15.2 Å². The molecule has 1 aliphatic rings. The fourth-order valence-corrected chi connectivity index (χ4v) is 2.91. The van der Waals surface area contributed by atoms with Crippen LogP contribution in [-0.2, 0) is 11.2 Å². The van der Waals surface area contributed by atoms with Gasteiger partial charge in [0.15, 0.2) is 5.82 Å². The average molecular weight is 344 g/mol. The van der Waals surface area contributed by atoms with Crippen LogP contribution in [0.1, 0.15) is 55.4 Å². The predicted molar refractivity (Wildman–Crippen MR) is 92.1 cm³/mol. The van der Waals surface area contributed by atoms with E-state index in [1.165, 1.54) is 12.8 Å². The Morgan fingerprint density at radius 3 is 2.84 bits per heavy atom. The number of rotatable bonds is 8. The molecule has 0 aromatic carbocycles. The summed E-state index contributed by atoms with van der Waals surface area (Å²) in [5.41, 5.74) is 0.871. The molecule has 2 aromatic rings. The van der Waals surface area contributed by atoms with Crippen molar-refractivity contribution in [3.05, 3.63) is 29.5 Å². The molecule has 2 heterocycles. The molecule has 25 heavy (non-hydrogen) atoms. The third kappa shape index (κ3) is 5.23. The van der Waals surface area contributed by atoms with E-state index in [1.54, 1.807) is 0 Å². The van der Waals surface area contributed by atoms with Crippen molar-refractivity contribution >= 4 is 11.7 Å². The van der Waals surface area contributed by atoms with Crippen molar-refractivity contribution in [3.63, 3.8) is 0 Å². The summed E-state index contributed by atoms with van der Waals surface area (Å²) in [5, 5.41) is 18.0. The van der Waals surface area contributed by atoms with E-state index in [-0.39, 0.29) is 5.91 Å². The number of anilines is 1. The number of nitrogens with zero attached hydrogens (tertiary/aromatic N) is 4. The number of amides is 1. The second kappa shape index (κ2) is 8.55. The third-order valence-corrected chi connectivity index (χ3v) is 4.32. The van der Waals surface area contributed by atoms with Crippen LogP contribution in [0.4, 0.5) is 5.82 Å². The van der Waals surface area contributed by atoms with Gasteiger partial charge in [-0.2, -0.15) is 10.1 Å². The van der Waals surface area contributed by atoms with Gasteiger partial charge in [-0.25, -0.2) is 0 Å².